The van der Waals surface area contributed by atoms with E-state index < -0.39 is 0 Å². The molecule has 0 bridgehead atoms. The molecule has 1 aliphatic carbocycles. The Balaban J connectivity index is 1.88. The molecule has 0 N–H and O–H groups in total. The highest BCUT2D eigenvalue weighted by Gasteiger charge is 2.25. The third-order valence-electron chi connectivity index (χ3n) is 4.87. The largest absolute Gasteiger partial charge is 0.298 e. The molecule has 1 aliphatic rings. The summed E-state index contributed by atoms with van der Waals surface area (Å²) < 4.78 is 1.55. The Morgan fingerprint density at radius 3 is 2.81 bits per heavy atom. The van der Waals surface area contributed by atoms with Crippen molar-refractivity contribution in [2.75, 3.05) is 0 Å². The van der Waals surface area contributed by atoms with Crippen LogP contribution in [-0.2, 0) is 4.79 Å². The molecule has 1 saturated carbocycles. The molecule has 2 heterocycles. The summed E-state index contributed by atoms with van der Waals surface area (Å²) in [5.41, 5.74) is 1.51. The van der Waals surface area contributed by atoms with Gasteiger partial charge in [0.2, 0.25) is 0 Å². The van der Waals surface area contributed by atoms with Gasteiger partial charge in [-0.05, 0) is 49.6 Å². The molecule has 27 heavy (non-hydrogen) atoms. The standard InChI is InChI=1S/C21H21N3O2S/c1-14-11-12-22-19(13-14)24-20(26)15-7-5-6-8-16(15)23-21(24)27-18-10-4-2-3-9-17(18)25/h5-8,11-13,18H,2-4,9-10H2,1H3/t18-/m0/s1. The van der Waals surface area contributed by atoms with E-state index >= 15 is 0 Å². The molecule has 1 atom stereocenters. The predicted octanol–water partition coefficient (Wildman–Crippen LogP) is 4.08. The van der Waals surface area contributed by atoms with Gasteiger partial charge in [0, 0.05) is 12.6 Å². The molecule has 138 valence electrons. The molecule has 1 aromatic carbocycles. The van der Waals surface area contributed by atoms with Crippen molar-refractivity contribution in [3.05, 3.63) is 58.5 Å². The zero-order valence-corrected chi connectivity index (χ0v) is 16.0. The lowest BCUT2D eigenvalue weighted by Crippen LogP contribution is -2.25. The summed E-state index contributed by atoms with van der Waals surface area (Å²) in [6.45, 7) is 1.96. The molecule has 0 unspecified atom stereocenters. The van der Waals surface area contributed by atoms with Gasteiger partial charge in [0.15, 0.2) is 5.16 Å². The van der Waals surface area contributed by atoms with Crippen molar-refractivity contribution in [3.8, 4) is 5.82 Å². The molecule has 5 nitrogen and oxygen atoms in total. The van der Waals surface area contributed by atoms with Crippen molar-refractivity contribution >= 4 is 28.4 Å². The molecule has 0 amide bonds. The van der Waals surface area contributed by atoms with Gasteiger partial charge >= 0.3 is 0 Å². The maximum atomic E-state index is 13.2. The number of aromatic nitrogens is 3. The van der Waals surface area contributed by atoms with Crippen LogP contribution in [0.3, 0.4) is 0 Å². The highest BCUT2D eigenvalue weighted by molar-refractivity contribution is 8.00. The van der Waals surface area contributed by atoms with Crippen LogP contribution in [0.25, 0.3) is 16.7 Å². The number of thioether (sulfide) groups is 1. The number of rotatable bonds is 3. The minimum atomic E-state index is -0.156. The van der Waals surface area contributed by atoms with Crippen molar-refractivity contribution in [3.63, 3.8) is 0 Å². The Morgan fingerprint density at radius 1 is 1.11 bits per heavy atom. The van der Waals surface area contributed by atoms with Crippen molar-refractivity contribution in [1.82, 2.24) is 14.5 Å². The van der Waals surface area contributed by atoms with Crippen molar-refractivity contribution in [1.29, 1.82) is 0 Å². The monoisotopic (exact) mass is 379 g/mol. The van der Waals surface area contributed by atoms with E-state index in [1.807, 2.05) is 37.3 Å². The molecular weight excluding hydrogens is 358 g/mol. The second-order valence-electron chi connectivity index (χ2n) is 6.92. The number of para-hydroxylation sites is 1. The summed E-state index contributed by atoms with van der Waals surface area (Å²) >= 11 is 1.40. The molecule has 0 radical (unpaired) electrons. The molecule has 0 spiro atoms. The van der Waals surface area contributed by atoms with E-state index in [4.69, 9.17) is 4.98 Å². The molecule has 6 heteroatoms. The van der Waals surface area contributed by atoms with Gasteiger partial charge in [-0.1, -0.05) is 36.7 Å². The van der Waals surface area contributed by atoms with Crippen LogP contribution >= 0.6 is 11.8 Å². The summed E-state index contributed by atoms with van der Waals surface area (Å²) in [7, 11) is 0. The van der Waals surface area contributed by atoms with E-state index in [0.717, 1.165) is 31.2 Å². The maximum Gasteiger partial charge on any atom is 0.267 e. The predicted molar refractivity (Wildman–Crippen MR) is 108 cm³/mol. The van der Waals surface area contributed by atoms with E-state index in [1.54, 1.807) is 16.8 Å². The number of hydrogen-bond donors (Lipinski definition) is 0. The number of nitrogens with zero attached hydrogens (tertiary/aromatic N) is 3. The number of Topliss-reactive ketones (excluding diaryl/α,β-unsaturated/α-hetero) is 1. The number of ketones is 1. The van der Waals surface area contributed by atoms with Crippen molar-refractivity contribution in [2.24, 2.45) is 0 Å². The smallest absolute Gasteiger partial charge is 0.267 e. The zero-order valence-electron chi connectivity index (χ0n) is 15.2. The van der Waals surface area contributed by atoms with Crippen LogP contribution in [0.4, 0.5) is 0 Å². The van der Waals surface area contributed by atoms with Gasteiger partial charge in [0.1, 0.15) is 11.6 Å². The van der Waals surface area contributed by atoms with Gasteiger partial charge in [-0.3, -0.25) is 9.59 Å². The minimum Gasteiger partial charge on any atom is -0.298 e. The summed E-state index contributed by atoms with van der Waals surface area (Å²) in [5.74, 6) is 0.797. The van der Waals surface area contributed by atoms with E-state index in [-0.39, 0.29) is 16.6 Å². The molecule has 3 aromatic rings. The van der Waals surface area contributed by atoms with E-state index in [2.05, 4.69) is 4.98 Å². The first kappa shape index (κ1) is 17.9. The van der Waals surface area contributed by atoms with Gasteiger partial charge in [0.25, 0.3) is 5.56 Å². The first-order valence-corrected chi connectivity index (χ1v) is 10.2. The number of benzene rings is 1. The Bertz CT molecular complexity index is 1060. The van der Waals surface area contributed by atoms with E-state index in [0.29, 0.717) is 28.3 Å². The third-order valence-corrected chi connectivity index (χ3v) is 6.14. The fourth-order valence-electron chi connectivity index (χ4n) is 3.42. The highest BCUT2D eigenvalue weighted by atomic mass is 32.2. The summed E-state index contributed by atoms with van der Waals surface area (Å²) in [4.78, 5) is 34.9. The van der Waals surface area contributed by atoms with Crippen molar-refractivity contribution < 1.29 is 4.79 Å². The van der Waals surface area contributed by atoms with Gasteiger partial charge in [-0.25, -0.2) is 14.5 Å². The Kier molecular flexibility index (Phi) is 5.07. The van der Waals surface area contributed by atoms with Gasteiger partial charge in [-0.2, -0.15) is 0 Å². The van der Waals surface area contributed by atoms with Gasteiger partial charge in [-0.15, -0.1) is 0 Å². The topological polar surface area (TPSA) is 64.8 Å². The number of pyridine rings is 1. The average molecular weight is 379 g/mol. The van der Waals surface area contributed by atoms with Crippen molar-refractivity contribution in [2.45, 2.75) is 49.4 Å². The summed E-state index contributed by atoms with van der Waals surface area (Å²) in [6, 6.07) is 11.1. The number of hydrogen-bond acceptors (Lipinski definition) is 5. The second kappa shape index (κ2) is 7.64. The van der Waals surface area contributed by atoms with E-state index in [1.165, 1.54) is 11.8 Å². The first-order chi connectivity index (χ1) is 13.1. The second-order valence-corrected chi connectivity index (χ2v) is 8.09. The SMILES string of the molecule is Cc1ccnc(-n2c(S[C@H]3CCCCCC3=O)nc3ccccc3c2=O)c1. The Hall–Kier alpha value is -2.47. The lowest BCUT2D eigenvalue weighted by molar-refractivity contribution is -0.118. The molecule has 4 rings (SSSR count). The molecular formula is C21H21N3O2S. The van der Waals surface area contributed by atoms with Crippen LogP contribution in [-0.4, -0.2) is 25.6 Å². The fourth-order valence-corrected chi connectivity index (χ4v) is 4.64. The number of carbonyl (C=O) groups is 1. The Labute approximate surface area is 161 Å². The molecule has 1 fully saturated rings. The average Bonchev–Trinajstić information content (AvgIpc) is 2.86. The van der Waals surface area contributed by atoms with Crippen LogP contribution in [0, 0.1) is 6.92 Å². The quantitative estimate of drug-likeness (QED) is 0.507. The normalized spacial score (nSPS) is 17.8. The molecule has 0 aliphatic heterocycles. The lowest BCUT2D eigenvalue weighted by Gasteiger charge is -2.17. The first-order valence-electron chi connectivity index (χ1n) is 9.28. The number of fused-ring (bicyclic) bond motifs is 1. The van der Waals surface area contributed by atoms with Crippen LogP contribution < -0.4 is 5.56 Å². The third kappa shape index (κ3) is 3.67. The lowest BCUT2D eigenvalue weighted by atomic mass is 10.2. The number of aryl methyl sites for hydroxylation is 1. The maximum absolute atomic E-state index is 13.2. The Morgan fingerprint density at radius 2 is 1.96 bits per heavy atom. The van der Waals surface area contributed by atoms with Crippen LogP contribution in [0.2, 0.25) is 0 Å². The fraction of sp³-hybridized carbons (Fsp3) is 0.333. The highest BCUT2D eigenvalue weighted by Crippen LogP contribution is 2.31. The van der Waals surface area contributed by atoms with Gasteiger partial charge < -0.3 is 0 Å². The molecule has 2 aromatic heterocycles. The van der Waals surface area contributed by atoms with Crippen LogP contribution in [0.5, 0.6) is 0 Å². The van der Waals surface area contributed by atoms with E-state index in [9.17, 15) is 9.59 Å². The summed E-state index contributed by atoms with van der Waals surface area (Å²) in [6.07, 6.45) is 6.19. The zero-order chi connectivity index (χ0) is 18.8. The number of carbonyl (C=O) groups excluding carboxylic acids is 1. The minimum absolute atomic E-state index is 0.151. The summed E-state index contributed by atoms with van der Waals surface area (Å²) in [5, 5.41) is 0.936. The van der Waals surface area contributed by atoms with Crippen LogP contribution in [0.15, 0.2) is 52.5 Å². The molecule has 0 saturated heterocycles. The van der Waals surface area contributed by atoms with Gasteiger partial charge in [0.05, 0.1) is 16.2 Å². The van der Waals surface area contributed by atoms with Crippen LogP contribution in [0.1, 0.15) is 37.7 Å².